The molecule has 2 aromatic carbocycles. The minimum absolute atomic E-state index is 0.0148. The molecule has 0 aliphatic carbocycles. The predicted molar refractivity (Wildman–Crippen MR) is 134 cm³/mol. The fourth-order valence-electron chi connectivity index (χ4n) is 5.01. The first-order chi connectivity index (χ1) is 17.4. The number of hydrogen-bond donors (Lipinski definition) is 0. The molecule has 1 aliphatic rings. The Bertz CT molecular complexity index is 1180. The highest BCUT2D eigenvalue weighted by molar-refractivity contribution is 5.81. The lowest BCUT2D eigenvalue weighted by atomic mass is 9.85. The van der Waals surface area contributed by atoms with Crippen LogP contribution < -0.4 is 4.74 Å². The third-order valence-electron chi connectivity index (χ3n) is 6.84. The Morgan fingerprint density at radius 2 is 1.89 bits per heavy atom. The van der Waals surface area contributed by atoms with Crippen molar-refractivity contribution >= 4 is 5.78 Å². The topological polar surface area (TPSA) is 56.6 Å². The van der Waals surface area contributed by atoms with Gasteiger partial charge in [0.2, 0.25) is 5.88 Å². The summed E-state index contributed by atoms with van der Waals surface area (Å²) >= 11 is 0. The predicted octanol–water partition coefficient (Wildman–Crippen LogP) is 4.72. The number of carbonyl (C=O) groups is 1. The molecule has 0 radical (unpaired) electrons. The average Bonchev–Trinajstić information content (AvgIpc) is 3.41. The third-order valence-corrected chi connectivity index (χ3v) is 6.84. The molecule has 1 fully saturated rings. The zero-order valence-electron chi connectivity index (χ0n) is 21.0. The van der Waals surface area contributed by atoms with Crippen molar-refractivity contribution in [3.8, 4) is 11.6 Å². The summed E-state index contributed by atoms with van der Waals surface area (Å²) in [6.45, 7) is 6.96. The average molecular weight is 498 g/mol. The van der Waals surface area contributed by atoms with Crippen LogP contribution in [0.4, 0.5) is 8.78 Å². The van der Waals surface area contributed by atoms with Crippen LogP contribution in [0.2, 0.25) is 0 Å². The van der Waals surface area contributed by atoms with Gasteiger partial charge in [0.1, 0.15) is 5.78 Å². The number of para-hydroxylation sites is 1. The quantitative estimate of drug-likeness (QED) is 0.384. The molecular formula is C28H33F2N3O3. The number of halogens is 2. The molecule has 0 amide bonds. The summed E-state index contributed by atoms with van der Waals surface area (Å²) in [5.74, 6) is -1.21. The van der Waals surface area contributed by atoms with Crippen molar-refractivity contribution in [2.24, 2.45) is 5.92 Å². The van der Waals surface area contributed by atoms with E-state index in [9.17, 15) is 13.6 Å². The van der Waals surface area contributed by atoms with Crippen LogP contribution in [-0.2, 0) is 16.0 Å². The van der Waals surface area contributed by atoms with Gasteiger partial charge in [-0.15, -0.1) is 5.10 Å². The van der Waals surface area contributed by atoms with E-state index in [4.69, 9.17) is 9.47 Å². The molecule has 0 saturated carbocycles. The molecule has 0 bridgehead atoms. The van der Waals surface area contributed by atoms with Crippen molar-refractivity contribution in [2.75, 3.05) is 40.0 Å². The van der Waals surface area contributed by atoms with Crippen LogP contribution in [0.5, 0.6) is 5.88 Å². The molecule has 3 aromatic rings. The Morgan fingerprint density at radius 1 is 1.11 bits per heavy atom. The van der Waals surface area contributed by atoms with Crippen molar-refractivity contribution in [3.63, 3.8) is 0 Å². The molecular weight excluding hydrogens is 464 g/mol. The molecule has 0 unspecified atom stereocenters. The molecule has 8 heteroatoms. The number of carbonyl (C=O) groups excluding carboxylic acids is 1. The van der Waals surface area contributed by atoms with Gasteiger partial charge < -0.3 is 14.4 Å². The van der Waals surface area contributed by atoms with Crippen molar-refractivity contribution in [1.82, 2.24) is 14.7 Å². The Labute approximate surface area is 210 Å². The van der Waals surface area contributed by atoms with Crippen molar-refractivity contribution in [1.29, 1.82) is 0 Å². The zero-order chi connectivity index (χ0) is 25.7. The Balaban J connectivity index is 1.56. The fraction of sp³-hybridized carbons (Fsp3) is 0.429. The normalized spacial score (nSPS) is 18.0. The number of ketones is 1. The largest absolute Gasteiger partial charge is 0.477 e. The van der Waals surface area contributed by atoms with E-state index < -0.39 is 11.6 Å². The highest BCUT2D eigenvalue weighted by atomic mass is 19.2. The van der Waals surface area contributed by atoms with Crippen LogP contribution in [0, 0.1) is 24.5 Å². The van der Waals surface area contributed by atoms with E-state index in [1.165, 1.54) is 12.1 Å². The number of nitrogens with zero attached hydrogens (tertiary/aromatic N) is 3. The van der Waals surface area contributed by atoms with Crippen molar-refractivity contribution in [2.45, 2.75) is 32.6 Å². The summed E-state index contributed by atoms with van der Waals surface area (Å²) in [6.07, 6.45) is 0.538. The number of methoxy groups -OCH3 is 1. The highest BCUT2D eigenvalue weighted by Crippen LogP contribution is 2.36. The van der Waals surface area contributed by atoms with Gasteiger partial charge in [-0.3, -0.25) is 4.79 Å². The maximum Gasteiger partial charge on any atom is 0.236 e. The summed E-state index contributed by atoms with van der Waals surface area (Å²) in [5.41, 5.74) is 3.23. The molecule has 1 aromatic heterocycles. The summed E-state index contributed by atoms with van der Waals surface area (Å²) in [5, 5.41) is 4.62. The van der Waals surface area contributed by atoms with E-state index in [1.54, 1.807) is 17.9 Å². The number of rotatable bonds is 11. The summed E-state index contributed by atoms with van der Waals surface area (Å²) in [7, 11) is 1.65. The molecule has 2 heterocycles. The Hall–Kier alpha value is -3.10. The minimum Gasteiger partial charge on any atom is -0.477 e. The summed E-state index contributed by atoms with van der Waals surface area (Å²) in [6, 6.07) is 13.7. The molecule has 36 heavy (non-hydrogen) atoms. The van der Waals surface area contributed by atoms with Gasteiger partial charge in [-0.05, 0) is 49.6 Å². The van der Waals surface area contributed by atoms with E-state index in [2.05, 4.69) is 10.00 Å². The lowest BCUT2D eigenvalue weighted by Crippen LogP contribution is -2.25. The third kappa shape index (κ3) is 5.82. The fourth-order valence-corrected chi connectivity index (χ4v) is 5.01. The first kappa shape index (κ1) is 26.0. The molecule has 192 valence electrons. The SMILES string of the molecule is CCOc1nn(-c2ccccc2)c(CC(=O)C[C@@H]2CN(CCOC)C[C@H]2c2ccc(F)c(F)c2)c1C. The maximum atomic E-state index is 14.0. The molecule has 1 saturated heterocycles. The standard InChI is InChI=1S/C28H33F2N3O3/c1-4-36-28-19(2)27(33(31-28)22-8-6-5-7-9-22)16-23(34)14-21-17-32(12-13-35-3)18-24(21)20-10-11-25(29)26(30)15-20/h5-11,15,21,24H,4,12-14,16-18H2,1-3H3/t21-,24+/m1/s1. The molecule has 0 spiro atoms. The van der Waals surface area contributed by atoms with E-state index in [0.29, 0.717) is 38.6 Å². The lowest BCUT2D eigenvalue weighted by Gasteiger charge is -2.19. The number of Topliss-reactive ketones (excluding diaryl/α,β-unsaturated/α-hetero) is 1. The van der Waals surface area contributed by atoms with E-state index >= 15 is 0 Å². The van der Waals surface area contributed by atoms with Gasteiger partial charge in [-0.2, -0.15) is 0 Å². The van der Waals surface area contributed by atoms with E-state index in [0.717, 1.165) is 29.1 Å². The molecule has 4 rings (SSSR count). The second kappa shape index (κ2) is 11.8. The second-order valence-corrected chi connectivity index (χ2v) is 9.27. The van der Waals surface area contributed by atoms with Gasteiger partial charge in [-0.1, -0.05) is 24.3 Å². The zero-order valence-corrected chi connectivity index (χ0v) is 21.0. The number of likely N-dealkylation sites (tertiary alicyclic amines) is 1. The molecule has 2 atom stereocenters. The van der Waals surface area contributed by atoms with Crippen LogP contribution in [0.1, 0.15) is 36.1 Å². The number of hydrogen-bond acceptors (Lipinski definition) is 5. The summed E-state index contributed by atoms with van der Waals surface area (Å²) in [4.78, 5) is 15.7. The van der Waals surface area contributed by atoms with Crippen LogP contribution in [0.25, 0.3) is 5.69 Å². The number of ether oxygens (including phenoxy) is 2. The molecule has 0 N–H and O–H groups in total. The Morgan fingerprint density at radius 3 is 2.58 bits per heavy atom. The monoisotopic (exact) mass is 497 g/mol. The first-order valence-electron chi connectivity index (χ1n) is 12.4. The number of benzene rings is 2. The van der Waals surface area contributed by atoms with Crippen LogP contribution in [0.3, 0.4) is 0 Å². The van der Waals surface area contributed by atoms with Gasteiger partial charge >= 0.3 is 0 Å². The highest BCUT2D eigenvalue weighted by Gasteiger charge is 2.35. The van der Waals surface area contributed by atoms with Crippen LogP contribution >= 0.6 is 0 Å². The maximum absolute atomic E-state index is 14.0. The molecule has 6 nitrogen and oxygen atoms in total. The smallest absolute Gasteiger partial charge is 0.236 e. The van der Waals surface area contributed by atoms with Gasteiger partial charge in [0, 0.05) is 51.1 Å². The molecule has 1 aliphatic heterocycles. The van der Waals surface area contributed by atoms with Gasteiger partial charge in [-0.25, -0.2) is 13.5 Å². The number of aromatic nitrogens is 2. The van der Waals surface area contributed by atoms with E-state index in [-0.39, 0.29) is 24.0 Å². The second-order valence-electron chi connectivity index (χ2n) is 9.27. The first-order valence-corrected chi connectivity index (χ1v) is 12.4. The lowest BCUT2D eigenvalue weighted by molar-refractivity contribution is -0.119. The van der Waals surface area contributed by atoms with Gasteiger partial charge in [0.05, 0.1) is 24.6 Å². The van der Waals surface area contributed by atoms with Crippen molar-refractivity contribution in [3.05, 3.63) is 77.0 Å². The van der Waals surface area contributed by atoms with Crippen molar-refractivity contribution < 1.29 is 23.0 Å². The van der Waals surface area contributed by atoms with Crippen LogP contribution in [-0.4, -0.2) is 60.4 Å². The summed E-state index contributed by atoms with van der Waals surface area (Å²) < 4.78 is 40.3. The van der Waals surface area contributed by atoms with Gasteiger partial charge in [0.15, 0.2) is 11.6 Å². The van der Waals surface area contributed by atoms with Crippen LogP contribution in [0.15, 0.2) is 48.5 Å². The Kier molecular flexibility index (Phi) is 8.48. The van der Waals surface area contributed by atoms with E-state index in [1.807, 2.05) is 44.2 Å². The van der Waals surface area contributed by atoms with Gasteiger partial charge in [0.25, 0.3) is 0 Å². The minimum atomic E-state index is -0.865.